The number of aryl methyl sites for hydroxylation is 1. The van der Waals surface area contributed by atoms with Crippen molar-refractivity contribution in [3.63, 3.8) is 0 Å². The second-order valence-electron chi connectivity index (χ2n) is 7.27. The molecule has 0 radical (unpaired) electrons. The van der Waals surface area contributed by atoms with Crippen LogP contribution in [0.15, 0.2) is 82.8 Å². The highest BCUT2D eigenvalue weighted by Crippen LogP contribution is 2.26. The van der Waals surface area contributed by atoms with Crippen LogP contribution in [-0.4, -0.2) is 33.7 Å². The van der Waals surface area contributed by atoms with Crippen LogP contribution in [0.5, 0.6) is 5.75 Å². The molecule has 7 nitrogen and oxygen atoms in total. The average molecular weight is 577 g/mol. The third-order valence-corrected chi connectivity index (χ3v) is 7.31. The summed E-state index contributed by atoms with van der Waals surface area (Å²) < 4.78 is 34.1. The van der Waals surface area contributed by atoms with E-state index in [9.17, 15) is 13.2 Å². The molecule has 0 unspecified atom stereocenters. The third kappa shape index (κ3) is 6.32. The van der Waals surface area contributed by atoms with E-state index < -0.39 is 22.5 Å². The van der Waals surface area contributed by atoms with Crippen molar-refractivity contribution in [2.45, 2.75) is 18.7 Å². The van der Waals surface area contributed by atoms with Gasteiger partial charge in [0.2, 0.25) is 0 Å². The first kappa shape index (κ1) is 24.7. The number of ether oxygens (including phenoxy) is 1. The van der Waals surface area contributed by atoms with Gasteiger partial charge in [-0.25, -0.2) is 13.8 Å². The number of hydrogen-bond donors (Lipinski definition) is 1. The Morgan fingerprint density at radius 3 is 2.33 bits per heavy atom. The minimum absolute atomic E-state index is 0.0928. The van der Waals surface area contributed by atoms with Gasteiger partial charge in [-0.2, -0.15) is 5.10 Å². The Labute approximate surface area is 207 Å². The second kappa shape index (κ2) is 10.8. The normalized spacial score (nSPS) is 11.7. The predicted octanol–water partition coefficient (Wildman–Crippen LogP) is 4.34. The number of halogens is 1. The lowest BCUT2D eigenvalue weighted by molar-refractivity contribution is -0.119. The zero-order valence-corrected chi connectivity index (χ0v) is 21.4. The maximum atomic E-state index is 13.4. The Bertz CT molecular complexity index is 1260. The molecule has 0 spiro atoms. The molecule has 0 fully saturated rings. The number of nitrogens with zero attached hydrogens (tertiary/aromatic N) is 2. The fourth-order valence-corrected chi connectivity index (χ4v) is 4.96. The molecular formula is C24H24IN3O4S. The molecule has 3 aromatic carbocycles. The van der Waals surface area contributed by atoms with Gasteiger partial charge < -0.3 is 4.74 Å². The number of benzene rings is 3. The molecule has 0 heterocycles. The van der Waals surface area contributed by atoms with Crippen molar-refractivity contribution in [3.05, 3.63) is 87.5 Å². The van der Waals surface area contributed by atoms with Gasteiger partial charge in [0, 0.05) is 3.57 Å². The zero-order valence-electron chi connectivity index (χ0n) is 18.4. The molecule has 3 rings (SSSR count). The number of rotatable bonds is 8. The van der Waals surface area contributed by atoms with E-state index in [1.54, 1.807) is 43.3 Å². The smallest absolute Gasteiger partial charge is 0.264 e. The number of carbonyl (C=O) groups excluding carboxylic acids is 1. The molecule has 1 N–H and O–H groups in total. The van der Waals surface area contributed by atoms with Crippen LogP contribution in [0.25, 0.3) is 0 Å². The molecule has 0 aliphatic carbocycles. The van der Waals surface area contributed by atoms with Gasteiger partial charge in [-0.15, -0.1) is 0 Å². The van der Waals surface area contributed by atoms with Crippen LogP contribution in [0.2, 0.25) is 0 Å². The summed E-state index contributed by atoms with van der Waals surface area (Å²) in [6, 6.07) is 20.6. The molecule has 0 aliphatic heterocycles. The number of carbonyl (C=O) groups is 1. The minimum Gasteiger partial charge on any atom is -0.497 e. The SMILES string of the molecule is COc1ccc(N(CC(=O)N/N=C(/C)c2cccc(I)c2)S(=O)(=O)c2ccc(C)cc2)cc1. The second-order valence-corrected chi connectivity index (χ2v) is 10.4. The van der Waals surface area contributed by atoms with Crippen LogP contribution < -0.4 is 14.5 Å². The quantitative estimate of drug-likeness (QED) is 0.245. The first-order chi connectivity index (χ1) is 15.7. The fraction of sp³-hybridized carbons (Fsp3) is 0.167. The summed E-state index contributed by atoms with van der Waals surface area (Å²) in [5.41, 5.74) is 5.22. The minimum atomic E-state index is -4.00. The first-order valence-electron chi connectivity index (χ1n) is 10.0. The lowest BCUT2D eigenvalue weighted by Gasteiger charge is -2.24. The Hall–Kier alpha value is -2.92. The monoisotopic (exact) mass is 577 g/mol. The van der Waals surface area contributed by atoms with Crippen molar-refractivity contribution < 1.29 is 17.9 Å². The van der Waals surface area contributed by atoms with Crippen molar-refractivity contribution >= 4 is 49.9 Å². The molecule has 0 aromatic heterocycles. The van der Waals surface area contributed by atoms with E-state index in [4.69, 9.17) is 4.74 Å². The molecule has 0 atom stereocenters. The first-order valence-corrected chi connectivity index (χ1v) is 12.5. The lowest BCUT2D eigenvalue weighted by Crippen LogP contribution is -2.39. The van der Waals surface area contributed by atoms with Crippen LogP contribution in [-0.2, 0) is 14.8 Å². The summed E-state index contributed by atoms with van der Waals surface area (Å²) in [5, 5.41) is 4.15. The molecule has 33 heavy (non-hydrogen) atoms. The Balaban J connectivity index is 1.88. The predicted molar refractivity (Wildman–Crippen MR) is 138 cm³/mol. The van der Waals surface area contributed by atoms with Crippen molar-refractivity contribution in [1.82, 2.24) is 5.43 Å². The summed E-state index contributed by atoms with van der Waals surface area (Å²) >= 11 is 2.20. The highest BCUT2D eigenvalue weighted by molar-refractivity contribution is 14.1. The number of nitrogens with one attached hydrogen (secondary N) is 1. The number of hydrazone groups is 1. The van der Waals surface area contributed by atoms with Crippen molar-refractivity contribution in [2.75, 3.05) is 18.0 Å². The van der Waals surface area contributed by atoms with E-state index in [0.29, 0.717) is 17.1 Å². The van der Waals surface area contributed by atoms with Crippen molar-refractivity contribution in [1.29, 1.82) is 0 Å². The van der Waals surface area contributed by atoms with Gasteiger partial charge in [-0.1, -0.05) is 29.8 Å². The van der Waals surface area contributed by atoms with Crippen molar-refractivity contribution in [3.8, 4) is 5.75 Å². The van der Waals surface area contributed by atoms with Gasteiger partial charge in [0.1, 0.15) is 12.3 Å². The van der Waals surface area contributed by atoms with Gasteiger partial charge in [0.05, 0.1) is 23.4 Å². The molecule has 0 saturated carbocycles. The van der Waals surface area contributed by atoms with Gasteiger partial charge in [-0.05, 0) is 90.5 Å². The Morgan fingerprint density at radius 2 is 1.73 bits per heavy atom. The summed E-state index contributed by atoms with van der Waals surface area (Å²) in [6.07, 6.45) is 0. The molecule has 1 amide bonds. The number of amides is 1. The van der Waals surface area contributed by atoms with Crippen LogP contribution in [0, 0.1) is 10.5 Å². The van der Waals surface area contributed by atoms with E-state index in [2.05, 4.69) is 33.1 Å². The molecule has 3 aromatic rings. The average Bonchev–Trinajstić information content (AvgIpc) is 2.81. The Morgan fingerprint density at radius 1 is 1.06 bits per heavy atom. The molecule has 172 valence electrons. The number of methoxy groups -OCH3 is 1. The zero-order chi connectivity index (χ0) is 24.0. The largest absolute Gasteiger partial charge is 0.497 e. The molecular weight excluding hydrogens is 553 g/mol. The highest BCUT2D eigenvalue weighted by Gasteiger charge is 2.27. The lowest BCUT2D eigenvalue weighted by atomic mass is 10.1. The maximum absolute atomic E-state index is 13.4. The standard InChI is InChI=1S/C24H24IN3O4S/c1-17-7-13-23(14-8-17)33(30,31)28(21-9-11-22(32-3)12-10-21)16-24(29)27-26-18(2)19-5-4-6-20(25)15-19/h4-15H,16H2,1-3H3,(H,27,29)/b26-18-. The van der Waals surface area contributed by atoms with E-state index in [-0.39, 0.29) is 4.90 Å². The fourth-order valence-electron chi connectivity index (χ4n) is 2.99. The van der Waals surface area contributed by atoms with Crippen LogP contribution >= 0.6 is 22.6 Å². The summed E-state index contributed by atoms with van der Waals surface area (Å²) in [6.45, 7) is 3.21. The van der Waals surface area contributed by atoms with Crippen LogP contribution in [0.4, 0.5) is 5.69 Å². The molecule has 9 heteroatoms. The van der Waals surface area contributed by atoms with Crippen molar-refractivity contribution in [2.24, 2.45) is 5.10 Å². The van der Waals surface area contributed by atoms with Crippen LogP contribution in [0.1, 0.15) is 18.1 Å². The molecule has 0 bridgehead atoms. The van der Waals surface area contributed by atoms with E-state index in [1.807, 2.05) is 31.2 Å². The van der Waals surface area contributed by atoms with Gasteiger partial charge in [0.25, 0.3) is 15.9 Å². The number of sulfonamides is 1. The number of anilines is 1. The molecule has 0 saturated heterocycles. The summed E-state index contributed by atoms with van der Waals surface area (Å²) in [4.78, 5) is 12.8. The van der Waals surface area contributed by atoms with Gasteiger partial charge in [-0.3, -0.25) is 9.10 Å². The highest BCUT2D eigenvalue weighted by atomic mass is 127. The topological polar surface area (TPSA) is 88.1 Å². The van der Waals surface area contributed by atoms with Gasteiger partial charge in [0.15, 0.2) is 0 Å². The maximum Gasteiger partial charge on any atom is 0.264 e. The Kier molecular flexibility index (Phi) is 8.09. The number of hydrogen-bond acceptors (Lipinski definition) is 5. The van der Waals surface area contributed by atoms with E-state index in [1.165, 1.54) is 19.2 Å². The molecule has 0 aliphatic rings. The van der Waals surface area contributed by atoms with Crippen LogP contribution in [0.3, 0.4) is 0 Å². The van der Waals surface area contributed by atoms with E-state index >= 15 is 0 Å². The summed E-state index contributed by atoms with van der Waals surface area (Å²) in [5.74, 6) is 0.0140. The van der Waals surface area contributed by atoms with Gasteiger partial charge >= 0.3 is 0 Å². The summed E-state index contributed by atoms with van der Waals surface area (Å²) in [7, 11) is -2.47. The third-order valence-electron chi connectivity index (χ3n) is 4.85. The van der Waals surface area contributed by atoms with E-state index in [0.717, 1.165) is 19.0 Å².